The Morgan fingerprint density at radius 2 is 1.95 bits per heavy atom. The summed E-state index contributed by atoms with van der Waals surface area (Å²) >= 11 is 1.34. The van der Waals surface area contributed by atoms with Crippen LogP contribution in [0.25, 0.3) is 6.08 Å². The molecule has 8 heteroatoms. The van der Waals surface area contributed by atoms with E-state index < -0.39 is 17.2 Å². The third-order valence-electron chi connectivity index (χ3n) is 2.84. The first-order valence-corrected chi connectivity index (χ1v) is 6.91. The number of rotatable bonds is 2. The van der Waals surface area contributed by atoms with Crippen LogP contribution in [0.15, 0.2) is 38.4 Å². The van der Waals surface area contributed by atoms with E-state index in [1.807, 2.05) is 5.38 Å². The van der Waals surface area contributed by atoms with Crippen molar-refractivity contribution in [3.8, 4) is 0 Å². The highest BCUT2D eigenvalue weighted by molar-refractivity contribution is 7.07. The molecule has 0 atom stereocenters. The van der Waals surface area contributed by atoms with Crippen LogP contribution in [0.5, 0.6) is 0 Å². The molecule has 0 aliphatic rings. The Hall–Kier alpha value is -2.48. The van der Waals surface area contributed by atoms with E-state index in [0.717, 1.165) is 4.57 Å². The number of hydrogen-bond donors (Lipinski definition) is 0. The maximum Gasteiger partial charge on any atom is 0.330 e. The zero-order valence-corrected chi connectivity index (χ0v) is 12.6. The minimum absolute atomic E-state index is 0.249. The van der Waals surface area contributed by atoms with Crippen molar-refractivity contribution in [3.63, 3.8) is 0 Å². The summed E-state index contributed by atoms with van der Waals surface area (Å²) in [5, 5.41) is 1.82. The molecule has 0 saturated heterocycles. The van der Waals surface area contributed by atoms with Gasteiger partial charge in [0.2, 0.25) is 0 Å². The Labute approximate surface area is 123 Å². The summed E-state index contributed by atoms with van der Waals surface area (Å²) in [6.45, 7) is 0. The molecule has 0 saturated carbocycles. The molecule has 0 fully saturated rings. The van der Waals surface area contributed by atoms with Gasteiger partial charge in [0.05, 0.1) is 5.56 Å². The van der Waals surface area contributed by atoms with Crippen molar-refractivity contribution >= 4 is 23.3 Å². The lowest BCUT2D eigenvalue weighted by atomic mass is 10.3. The van der Waals surface area contributed by atoms with Crippen molar-refractivity contribution in [2.24, 2.45) is 26.1 Å². The molecule has 7 nitrogen and oxygen atoms in total. The summed E-state index contributed by atoms with van der Waals surface area (Å²) in [5.41, 5.74) is -0.624. The van der Waals surface area contributed by atoms with E-state index in [9.17, 15) is 14.4 Å². The summed E-state index contributed by atoms with van der Waals surface area (Å²) in [7, 11) is 4.71. The SMILES string of the molecule is Cn1ccsc1=NC(=O)/C=C\c1cn(C)c(=O)n(C)c1=O. The summed E-state index contributed by atoms with van der Waals surface area (Å²) in [4.78, 5) is 39.6. The third-order valence-corrected chi connectivity index (χ3v) is 3.69. The average Bonchev–Trinajstić information content (AvgIpc) is 2.84. The van der Waals surface area contributed by atoms with Crippen molar-refractivity contribution in [3.05, 3.63) is 55.1 Å². The predicted octanol–water partition coefficient (Wildman–Crippen LogP) is -0.375. The standard InChI is InChI=1S/C13H14N4O3S/c1-15-6-7-21-12(15)14-10(18)5-4-9-8-16(2)13(20)17(3)11(9)19/h4-8H,1-3H3/b5-4-,14-12?. The van der Waals surface area contributed by atoms with Gasteiger partial charge in [0, 0.05) is 45.0 Å². The van der Waals surface area contributed by atoms with E-state index in [1.165, 1.54) is 48.3 Å². The largest absolute Gasteiger partial charge is 0.330 e. The van der Waals surface area contributed by atoms with Gasteiger partial charge in [-0.2, -0.15) is 4.99 Å². The smallest absolute Gasteiger partial charge is 0.327 e. The van der Waals surface area contributed by atoms with Crippen molar-refractivity contribution < 1.29 is 4.79 Å². The quantitative estimate of drug-likeness (QED) is 0.710. The molecule has 2 heterocycles. The zero-order valence-electron chi connectivity index (χ0n) is 11.8. The first kappa shape index (κ1) is 14.9. The van der Waals surface area contributed by atoms with Crippen LogP contribution in [0.4, 0.5) is 0 Å². The lowest BCUT2D eigenvalue weighted by Gasteiger charge is -2.02. The van der Waals surface area contributed by atoms with Crippen LogP contribution < -0.4 is 16.1 Å². The summed E-state index contributed by atoms with van der Waals surface area (Å²) in [6.07, 6.45) is 5.75. The van der Waals surface area contributed by atoms with Gasteiger partial charge in [-0.3, -0.25) is 14.2 Å². The second-order valence-electron chi connectivity index (χ2n) is 4.42. The van der Waals surface area contributed by atoms with Crippen LogP contribution in [0.1, 0.15) is 5.56 Å². The fourth-order valence-electron chi connectivity index (χ4n) is 1.68. The van der Waals surface area contributed by atoms with E-state index in [0.29, 0.717) is 4.80 Å². The van der Waals surface area contributed by atoms with Crippen LogP contribution in [0, 0.1) is 0 Å². The fraction of sp³-hybridized carbons (Fsp3) is 0.231. The van der Waals surface area contributed by atoms with Crippen molar-refractivity contribution in [2.75, 3.05) is 0 Å². The molecular formula is C13H14N4O3S. The number of carbonyl (C=O) groups is 1. The van der Waals surface area contributed by atoms with E-state index in [4.69, 9.17) is 0 Å². The van der Waals surface area contributed by atoms with Crippen LogP contribution >= 0.6 is 11.3 Å². The maximum atomic E-state index is 11.9. The summed E-state index contributed by atoms with van der Waals surface area (Å²) in [5.74, 6) is -0.469. The third kappa shape index (κ3) is 3.16. The molecule has 0 bridgehead atoms. The molecule has 2 rings (SSSR count). The summed E-state index contributed by atoms with van der Waals surface area (Å²) in [6, 6.07) is 0. The predicted molar refractivity (Wildman–Crippen MR) is 79.8 cm³/mol. The molecule has 0 N–H and O–H groups in total. The van der Waals surface area contributed by atoms with Crippen molar-refractivity contribution in [1.82, 2.24) is 13.7 Å². The van der Waals surface area contributed by atoms with Crippen molar-refractivity contribution in [1.29, 1.82) is 0 Å². The number of amides is 1. The van der Waals surface area contributed by atoms with Crippen molar-refractivity contribution in [2.45, 2.75) is 0 Å². The fourth-order valence-corrected chi connectivity index (χ4v) is 2.41. The summed E-state index contributed by atoms with van der Waals surface area (Å²) < 4.78 is 3.99. The van der Waals surface area contributed by atoms with E-state index in [-0.39, 0.29) is 5.56 Å². The Balaban J connectivity index is 2.35. The molecule has 110 valence electrons. The normalized spacial score (nSPS) is 12.2. The monoisotopic (exact) mass is 306 g/mol. The van der Waals surface area contributed by atoms with Gasteiger partial charge in [-0.05, 0) is 6.08 Å². The molecule has 1 amide bonds. The van der Waals surface area contributed by atoms with Crippen LogP contribution in [-0.2, 0) is 25.9 Å². The Morgan fingerprint density at radius 3 is 2.57 bits per heavy atom. The van der Waals surface area contributed by atoms with Gasteiger partial charge in [0.15, 0.2) is 4.80 Å². The molecule has 0 radical (unpaired) electrons. The molecule has 0 aliphatic carbocycles. The number of nitrogens with zero attached hydrogens (tertiary/aromatic N) is 4. The molecule has 2 aromatic heterocycles. The number of aromatic nitrogens is 3. The van der Waals surface area contributed by atoms with E-state index in [2.05, 4.69) is 4.99 Å². The van der Waals surface area contributed by atoms with Gasteiger partial charge in [0.25, 0.3) is 11.5 Å². The van der Waals surface area contributed by atoms with E-state index >= 15 is 0 Å². The Morgan fingerprint density at radius 1 is 1.24 bits per heavy atom. The molecule has 0 spiro atoms. The van der Waals surface area contributed by atoms with Crippen LogP contribution in [-0.4, -0.2) is 19.6 Å². The zero-order chi connectivity index (χ0) is 15.6. The maximum absolute atomic E-state index is 11.9. The van der Waals surface area contributed by atoms with Gasteiger partial charge in [-0.1, -0.05) is 0 Å². The second-order valence-corrected chi connectivity index (χ2v) is 5.29. The highest BCUT2D eigenvalue weighted by Crippen LogP contribution is 1.94. The molecule has 0 aliphatic heterocycles. The first-order valence-electron chi connectivity index (χ1n) is 6.03. The highest BCUT2D eigenvalue weighted by Gasteiger charge is 2.04. The Bertz CT molecular complexity index is 895. The van der Waals surface area contributed by atoms with Gasteiger partial charge < -0.3 is 9.13 Å². The first-order chi connectivity index (χ1) is 9.90. The molecule has 0 aromatic carbocycles. The van der Waals surface area contributed by atoms with Gasteiger partial charge in [0.1, 0.15) is 0 Å². The lowest BCUT2D eigenvalue weighted by molar-refractivity contribution is -0.113. The number of hydrogen-bond acceptors (Lipinski definition) is 4. The number of aryl methyl sites for hydroxylation is 2. The minimum atomic E-state index is -0.469. The van der Waals surface area contributed by atoms with Crippen LogP contribution in [0.2, 0.25) is 0 Å². The molecule has 21 heavy (non-hydrogen) atoms. The topological polar surface area (TPSA) is 78.4 Å². The molecule has 0 unspecified atom stereocenters. The molecular weight excluding hydrogens is 292 g/mol. The average molecular weight is 306 g/mol. The van der Waals surface area contributed by atoms with Gasteiger partial charge in [-0.25, -0.2) is 4.79 Å². The van der Waals surface area contributed by atoms with E-state index in [1.54, 1.807) is 17.8 Å². The van der Waals surface area contributed by atoms with Crippen LogP contribution in [0.3, 0.4) is 0 Å². The minimum Gasteiger partial charge on any atom is -0.327 e. The lowest BCUT2D eigenvalue weighted by Crippen LogP contribution is -2.37. The van der Waals surface area contributed by atoms with Gasteiger partial charge in [-0.15, -0.1) is 11.3 Å². The number of carbonyl (C=O) groups excluding carboxylic acids is 1. The molecule has 2 aromatic rings. The van der Waals surface area contributed by atoms with Gasteiger partial charge >= 0.3 is 5.69 Å². The number of thiazole rings is 1. The highest BCUT2D eigenvalue weighted by atomic mass is 32.1. The second kappa shape index (κ2) is 5.88. The Kier molecular flexibility index (Phi) is 4.18.